The largest absolute Gasteiger partial charge is 0.496 e. The van der Waals surface area contributed by atoms with Gasteiger partial charge in [0.2, 0.25) is 0 Å². The van der Waals surface area contributed by atoms with Crippen molar-refractivity contribution in [3.05, 3.63) is 48.2 Å². The van der Waals surface area contributed by atoms with Gasteiger partial charge in [0.05, 0.1) is 24.7 Å². The van der Waals surface area contributed by atoms with Crippen LogP contribution in [0.5, 0.6) is 5.75 Å². The first-order valence-corrected chi connectivity index (χ1v) is 10.5. The van der Waals surface area contributed by atoms with Crippen molar-refractivity contribution < 1.29 is 13.2 Å². The van der Waals surface area contributed by atoms with Crippen LogP contribution >= 0.6 is 0 Å². The summed E-state index contributed by atoms with van der Waals surface area (Å²) in [4.78, 5) is 9.01. The number of pyridine rings is 1. The number of rotatable bonds is 4. The minimum atomic E-state index is -3.04. The molecule has 1 atom stereocenters. The second-order valence-electron chi connectivity index (χ2n) is 6.66. The van der Waals surface area contributed by atoms with E-state index in [-0.39, 0.29) is 17.5 Å². The molecule has 0 saturated carbocycles. The lowest BCUT2D eigenvalue weighted by Gasteiger charge is -2.13. The Morgan fingerprint density at radius 2 is 2.07 bits per heavy atom. The highest BCUT2D eigenvalue weighted by atomic mass is 32.2. The Balaban J connectivity index is 1.84. The molecule has 3 aromatic rings. The van der Waals surface area contributed by atoms with Crippen molar-refractivity contribution in [1.29, 1.82) is 0 Å². The van der Waals surface area contributed by atoms with Gasteiger partial charge in [-0.25, -0.2) is 18.1 Å². The zero-order valence-corrected chi connectivity index (χ0v) is 16.0. The van der Waals surface area contributed by atoms with Crippen LogP contribution in [0.15, 0.2) is 42.6 Å². The molecule has 0 aliphatic carbocycles. The summed E-state index contributed by atoms with van der Waals surface area (Å²) in [6.45, 7) is 1.96. The van der Waals surface area contributed by atoms with E-state index >= 15 is 0 Å². The summed E-state index contributed by atoms with van der Waals surface area (Å²) in [7, 11) is -1.41. The minimum absolute atomic E-state index is 0.0835. The summed E-state index contributed by atoms with van der Waals surface area (Å²) < 4.78 is 31.1. The van der Waals surface area contributed by atoms with E-state index in [0.29, 0.717) is 23.8 Å². The third kappa shape index (κ3) is 3.44. The molecule has 0 radical (unpaired) electrons. The van der Waals surface area contributed by atoms with Crippen molar-refractivity contribution in [2.75, 3.05) is 18.6 Å². The highest BCUT2D eigenvalue weighted by Gasteiger charge is 2.32. The Morgan fingerprint density at radius 1 is 1.22 bits per heavy atom. The number of sulfone groups is 1. The number of aryl methyl sites for hydroxylation is 1. The first kappa shape index (κ1) is 17.7. The normalized spacial score (nSPS) is 18.5. The summed E-state index contributed by atoms with van der Waals surface area (Å²) >= 11 is 0. The predicted molar refractivity (Wildman–Crippen MR) is 102 cm³/mol. The van der Waals surface area contributed by atoms with Crippen molar-refractivity contribution in [2.45, 2.75) is 19.4 Å². The van der Waals surface area contributed by atoms with Crippen LogP contribution in [-0.2, 0) is 9.84 Å². The first-order chi connectivity index (χ1) is 13.0. The molecule has 2 aromatic heterocycles. The third-order valence-corrected chi connectivity index (χ3v) is 6.48. The second kappa shape index (κ2) is 6.77. The second-order valence-corrected chi connectivity index (χ2v) is 8.89. The molecule has 7 nitrogen and oxygen atoms in total. The fraction of sp³-hybridized carbons (Fsp3) is 0.316. The van der Waals surface area contributed by atoms with Crippen molar-refractivity contribution in [2.24, 2.45) is 0 Å². The Labute approximate surface area is 158 Å². The number of methoxy groups -OCH3 is 1. The van der Waals surface area contributed by atoms with Crippen LogP contribution in [-0.4, -0.2) is 46.8 Å². The van der Waals surface area contributed by atoms with Crippen LogP contribution in [0.2, 0.25) is 0 Å². The van der Waals surface area contributed by atoms with Gasteiger partial charge in [-0.3, -0.25) is 4.98 Å². The van der Waals surface area contributed by atoms with E-state index in [4.69, 9.17) is 9.72 Å². The maximum absolute atomic E-state index is 12.0. The molecule has 1 saturated heterocycles. The maximum atomic E-state index is 12.0. The van der Waals surface area contributed by atoms with Gasteiger partial charge < -0.3 is 4.74 Å². The lowest BCUT2D eigenvalue weighted by molar-refractivity contribution is 0.411. The third-order valence-electron chi connectivity index (χ3n) is 4.73. The minimum Gasteiger partial charge on any atom is -0.496 e. The molecular formula is C19H20N4O3S. The topological polar surface area (TPSA) is 87.0 Å². The molecule has 27 heavy (non-hydrogen) atoms. The zero-order valence-electron chi connectivity index (χ0n) is 15.2. The summed E-state index contributed by atoms with van der Waals surface area (Å²) in [5, 5.41) is 4.62. The fourth-order valence-corrected chi connectivity index (χ4v) is 5.06. The van der Waals surface area contributed by atoms with E-state index in [9.17, 15) is 8.42 Å². The summed E-state index contributed by atoms with van der Waals surface area (Å²) in [5.41, 5.74) is 2.50. The van der Waals surface area contributed by atoms with Gasteiger partial charge in [0.25, 0.3) is 0 Å². The van der Waals surface area contributed by atoms with E-state index in [2.05, 4.69) is 10.1 Å². The molecule has 1 aromatic carbocycles. The SMILES string of the molecule is COc1ccc(-c2nc(-c3ccccn3)nn2C2CCS(=O)(=O)C2)cc1C. The van der Waals surface area contributed by atoms with E-state index in [1.807, 2.05) is 43.3 Å². The van der Waals surface area contributed by atoms with Gasteiger partial charge in [0, 0.05) is 11.8 Å². The van der Waals surface area contributed by atoms with Crippen LogP contribution < -0.4 is 4.74 Å². The van der Waals surface area contributed by atoms with Crippen molar-refractivity contribution in [3.63, 3.8) is 0 Å². The van der Waals surface area contributed by atoms with Gasteiger partial charge in [-0.05, 0) is 49.2 Å². The Kier molecular flexibility index (Phi) is 4.43. The Bertz CT molecular complexity index is 1080. The first-order valence-electron chi connectivity index (χ1n) is 8.70. The van der Waals surface area contributed by atoms with E-state index in [1.165, 1.54) is 0 Å². The molecule has 1 unspecified atom stereocenters. The van der Waals surface area contributed by atoms with Crippen LogP contribution in [0.3, 0.4) is 0 Å². The van der Waals surface area contributed by atoms with Gasteiger partial charge in [0.15, 0.2) is 21.5 Å². The van der Waals surface area contributed by atoms with Gasteiger partial charge >= 0.3 is 0 Å². The number of ether oxygens (including phenoxy) is 1. The average Bonchev–Trinajstić information content (AvgIpc) is 3.26. The van der Waals surface area contributed by atoms with Crippen LogP contribution in [0, 0.1) is 6.92 Å². The van der Waals surface area contributed by atoms with Gasteiger partial charge in [-0.1, -0.05) is 6.07 Å². The van der Waals surface area contributed by atoms with Crippen LogP contribution in [0.25, 0.3) is 22.9 Å². The Hall–Kier alpha value is -2.74. The molecule has 1 aliphatic rings. The predicted octanol–water partition coefficient (Wildman–Crippen LogP) is 2.68. The molecule has 0 spiro atoms. The zero-order chi connectivity index (χ0) is 19.0. The maximum Gasteiger partial charge on any atom is 0.200 e. The number of hydrogen-bond acceptors (Lipinski definition) is 6. The monoisotopic (exact) mass is 384 g/mol. The van der Waals surface area contributed by atoms with Crippen molar-refractivity contribution in [1.82, 2.24) is 19.7 Å². The molecule has 1 fully saturated rings. The van der Waals surface area contributed by atoms with Crippen LogP contribution in [0.1, 0.15) is 18.0 Å². The fourth-order valence-electron chi connectivity index (χ4n) is 3.36. The summed E-state index contributed by atoms with van der Waals surface area (Å²) in [6.07, 6.45) is 2.22. The highest BCUT2D eigenvalue weighted by molar-refractivity contribution is 7.91. The molecule has 4 rings (SSSR count). The standard InChI is InChI=1S/C19H20N4O3S/c1-13-11-14(6-7-17(13)26-2)19-21-18(16-5-3-4-9-20-16)22-23(19)15-8-10-27(24,25)12-15/h3-7,9,11,15H,8,10,12H2,1-2H3. The van der Waals surface area contributed by atoms with Crippen molar-refractivity contribution in [3.8, 4) is 28.7 Å². The smallest absolute Gasteiger partial charge is 0.200 e. The van der Waals surface area contributed by atoms with Crippen molar-refractivity contribution >= 4 is 9.84 Å². The number of nitrogens with zero attached hydrogens (tertiary/aromatic N) is 4. The summed E-state index contributed by atoms with van der Waals surface area (Å²) in [5.74, 6) is 2.18. The van der Waals surface area contributed by atoms with E-state index in [0.717, 1.165) is 16.9 Å². The number of hydrogen-bond donors (Lipinski definition) is 0. The molecule has 8 heteroatoms. The van der Waals surface area contributed by atoms with Gasteiger partial charge in [0.1, 0.15) is 11.4 Å². The number of benzene rings is 1. The molecular weight excluding hydrogens is 364 g/mol. The number of aromatic nitrogens is 4. The average molecular weight is 384 g/mol. The molecule has 0 amide bonds. The molecule has 140 valence electrons. The molecule has 0 N–H and O–H groups in total. The molecule has 3 heterocycles. The summed E-state index contributed by atoms with van der Waals surface area (Å²) in [6, 6.07) is 11.1. The van der Waals surface area contributed by atoms with Gasteiger partial charge in [-0.15, -0.1) is 5.10 Å². The molecule has 1 aliphatic heterocycles. The Morgan fingerprint density at radius 3 is 2.70 bits per heavy atom. The van der Waals surface area contributed by atoms with Gasteiger partial charge in [-0.2, -0.15) is 0 Å². The molecule has 0 bridgehead atoms. The lowest BCUT2D eigenvalue weighted by Crippen LogP contribution is -2.14. The van der Waals surface area contributed by atoms with Crippen LogP contribution in [0.4, 0.5) is 0 Å². The quantitative estimate of drug-likeness (QED) is 0.687. The van der Waals surface area contributed by atoms with E-state index in [1.54, 1.807) is 18.0 Å². The highest BCUT2D eigenvalue weighted by Crippen LogP contribution is 2.32. The van der Waals surface area contributed by atoms with E-state index < -0.39 is 9.84 Å². The lowest BCUT2D eigenvalue weighted by atomic mass is 10.1.